The van der Waals surface area contributed by atoms with Crippen molar-refractivity contribution < 1.29 is 9.90 Å². The van der Waals surface area contributed by atoms with Crippen LogP contribution in [-0.4, -0.2) is 40.1 Å². The highest BCUT2D eigenvalue weighted by Gasteiger charge is 2.25. The Kier molecular flexibility index (Phi) is 4.47. The van der Waals surface area contributed by atoms with Crippen LogP contribution in [0.3, 0.4) is 0 Å². The number of hydrogen-bond donors (Lipinski definition) is 1. The Hall–Kier alpha value is -1.43. The van der Waals surface area contributed by atoms with Crippen LogP contribution in [0, 0.1) is 6.92 Å². The summed E-state index contributed by atoms with van der Waals surface area (Å²) in [4.78, 5) is 19.6. The summed E-state index contributed by atoms with van der Waals surface area (Å²) in [5.74, 6) is 0.00942. The van der Waals surface area contributed by atoms with E-state index >= 15 is 0 Å². The Morgan fingerprint density at radius 1 is 1.41 bits per heavy atom. The quantitative estimate of drug-likeness (QED) is 0.914. The fourth-order valence-electron chi connectivity index (χ4n) is 2.55. The zero-order chi connectivity index (χ0) is 15.7. The third kappa shape index (κ3) is 3.16. The Morgan fingerprint density at radius 3 is 2.82 bits per heavy atom. The number of carbonyl (C=O) groups is 1. The zero-order valence-electron chi connectivity index (χ0n) is 12.3. The second-order valence-corrected chi connectivity index (χ2v) is 6.90. The summed E-state index contributed by atoms with van der Waals surface area (Å²) in [6.45, 7) is 3.06. The normalized spacial score (nSPS) is 16.0. The predicted octanol–water partition coefficient (Wildman–Crippen LogP) is 3.37. The first-order valence-electron chi connectivity index (χ1n) is 7.25. The highest BCUT2D eigenvalue weighted by molar-refractivity contribution is 7.17. The van der Waals surface area contributed by atoms with Gasteiger partial charge in [-0.2, -0.15) is 0 Å². The molecule has 0 bridgehead atoms. The van der Waals surface area contributed by atoms with E-state index in [9.17, 15) is 9.90 Å². The maximum atomic E-state index is 12.6. The number of amides is 1. The van der Waals surface area contributed by atoms with Gasteiger partial charge in [-0.15, -0.1) is 11.3 Å². The van der Waals surface area contributed by atoms with Crippen molar-refractivity contribution in [3.05, 3.63) is 39.9 Å². The van der Waals surface area contributed by atoms with Crippen LogP contribution in [0.15, 0.2) is 24.3 Å². The molecule has 6 heteroatoms. The van der Waals surface area contributed by atoms with Gasteiger partial charge in [0, 0.05) is 23.7 Å². The van der Waals surface area contributed by atoms with E-state index in [4.69, 9.17) is 11.6 Å². The van der Waals surface area contributed by atoms with Crippen LogP contribution in [0.4, 0.5) is 0 Å². The lowest BCUT2D eigenvalue weighted by Gasteiger charge is -2.29. The third-order valence-corrected chi connectivity index (χ3v) is 5.24. The van der Waals surface area contributed by atoms with Crippen molar-refractivity contribution >= 4 is 28.8 Å². The van der Waals surface area contributed by atoms with Gasteiger partial charge in [-0.3, -0.25) is 4.79 Å². The molecule has 1 saturated heterocycles. The van der Waals surface area contributed by atoms with Gasteiger partial charge in [-0.05, 0) is 31.9 Å². The summed E-state index contributed by atoms with van der Waals surface area (Å²) in [6.07, 6.45) is 1.00. The summed E-state index contributed by atoms with van der Waals surface area (Å²) >= 11 is 7.42. The highest BCUT2D eigenvalue weighted by atomic mass is 35.5. The predicted molar refractivity (Wildman–Crippen MR) is 88.4 cm³/mol. The first-order chi connectivity index (χ1) is 10.5. The van der Waals surface area contributed by atoms with Gasteiger partial charge in [-0.1, -0.05) is 23.7 Å². The molecule has 1 aromatic carbocycles. The molecule has 1 amide bonds. The van der Waals surface area contributed by atoms with E-state index in [0.717, 1.165) is 16.3 Å². The number of carbonyl (C=O) groups excluding carboxylic acids is 1. The average molecular weight is 337 g/mol. The number of hydrogen-bond acceptors (Lipinski definition) is 4. The van der Waals surface area contributed by atoms with Crippen molar-refractivity contribution in [2.45, 2.75) is 25.9 Å². The van der Waals surface area contributed by atoms with E-state index in [0.29, 0.717) is 35.8 Å². The van der Waals surface area contributed by atoms with Crippen molar-refractivity contribution in [3.8, 4) is 10.6 Å². The van der Waals surface area contributed by atoms with E-state index in [1.54, 1.807) is 4.90 Å². The minimum atomic E-state index is -0.284. The minimum absolute atomic E-state index is 0.00942. The molecule has 0 unspecified atom stereocenters. The first-order valence-corrected chi connectivity index (χ1v) is 8.45. The standard InChI is InChI=1S/C16H17ClN2O2S/c1-10-14(16(21)19-7-5-13(20)6-8-19)22-15(18-10)11-3-2-4-12(17)9-11/h2-4,9,13,20H,5-8H2,1H3. The van der Waals surface area contributed by atoms with Crippen molar-refractivity contribution in [3.63, 3.8) is 0 Å². The Bertz CT molecular complexity index is 693. The SMILES string of the molecule is Cc1nc(-c2cccc(Cl)c2)sc1C(=O)N1CCC(O)CC1. The van der Waals surface area contributed by atoms with Crippen LogP contribution >= 0.6 is 22.9 Å². The number of nitrogens with zero attached hydrogens (tertiary/aromatic N) is 2. The second kappa shape index (κ2) is 6.36. The molecule has 3 rings (SSSR count). The van der Waals surface area contributed by atoms with Crippen molar-refractivity contribution in [1.29, 1.82) is 0 Å². The van der Waals surface area contributed by atoms with Gasteiger partial charge >= 0.3 is 0 Å². The van der Waals surface area contributed by atoms with Crippen molar-refractivity contribution in [2.75, 3.05) is 13.1 Å². The first kappa shape index (κ1) is 15.5. The Morgan fingerprint density at radius 2 is 2.14 bits per heavy atom. The molecule has 22 heavy (non-hydrogen) atoms. The number of likely N-dealkylation sites (tertiary alicyclic amines) is 1. The molecule has 1 N–H and O–H groups in total. The molecule has 0 atom stereocenters. The molecule has 0 spiro atoms. The van der Waals surface area contributed by atoms with Crippen molar-refractivity contribution in [2.24, 2.45) is 0 Å². The lowest BCUT2D eigenvalue weighted by Crippen LogP contribution is -2.39. The topological polar surface area (TPSA) is 53.4 Å². The van der Waals surface area contributed by atoms with Gasteiger partial charge in [0.1, 0.15) is 9.88 Å². The van der Waals surface area contributed by atoms with Gasteiger partial charge in [0.25, 0.3) is 5.91 Å². The molecule has 2 aromatic rings. The number of benzene rings is 1. The number of aryl methyl sites for hydroxylation is 1. The van der Waals surface area contributed by atoms with Crippen LogP contribution in [-0.2, 0) is 0 Å². The Labute approximate surface area is 138 Å². The van der Waals surface area contributed by atoms with E-state index in [1.807, 2.05) is 31.2 Å². The number of rotatable bonds is 2. The number of thiazole rings is 1. The van der Waals surface area contributed by atoms with Crippen molar-refractivity contribution in [1.82, 2.24) is 9.88 Å². The van der Waals surface area contributed by atoms with E-state index in [2.05, 4.69) is 4.98 Å². The highest BCUT2D eigenvalue weighted by Crippen LogP contribution is 2.30. The Balaban J connectivity index is 1.84. The average Bonchev–Trinajstić information content (AvgIpc) is 2.89. The summed E-state index contributed by atoms with van der Waals surface area (Å²) in [5.41, 5.74) is 1.67. The van der Waals surface area contributed by atoms with Gasteiger partial charge in [-0.25, -0.2) is 4.98 Å². The molecule has 2 heterocycles. The summed E-state index contributed by atoms with van der Waals surface area (Å²) in [7, 11) is 0. The molecule has 4 nitrogen and oxygen atoms in total. The van der Waals surface area contributed by atoms with Gasteiger partial charge in [0.2, 0.25) is 0 Å². The second-order valence-electron chi connectivity index (χ2n) is 5.47. The molecule has 1 aromatic heterocycles. The molecular formula is C16H17ClN2O2S. The van der Waals surface area contributed by atoms with E-state index in [-0.39, 0.29) is 12.0 Å². The lowest BCUT2D eigenvalue weighted by atomic mass is 10.1. The van der Waals surface area contributed by atoms with Crippen LogP contribution in [0.5, 0.6) is 0 Å². The van der Waals surface area contributed by atoms with Crippen LogP contribution in [0.1, 0.15) is 28.2 Å². The maximum absolute atomic E-state index is 12.6. The molecule has 0 radical (unpaired) electrons. The van der Waals surface area contributed by atoms with Crippen LogP contribution in [0.2, 0.25) is 5.02 Å². The number of halogens is 1. The zero-order valence-corrected chi connectivity index (χ0v) is 13.8. The van der Waals surface area contributed by atoms with Crippen LogP contribution in [0.25, 0.3) is 10.6 Å². The molecule has 116 valence electrons. The maximum Gasteiger partial charge on any atom is 0.265 e. The summed E-state index contributed by atoms with van der Waals surface area (Å²) < 4.78 is 0. The molecule has 0 aliphatic carbocycles. The summed E-state index contributed by atoms with van der Waals surface area (Å²) in [5, 5.41) is 11.0. The van der Waals surface area contributed by atoms with Gasteiger partial charge in [0.05, 0.1) is 11.8 Å². The van der Waals surface area contributed by atoms with Gasteiger partial charge < -0.3 is 10.0 Å². The number of aliphatic hydroxyl groups excluding tert-OH is 1. The molecular weight excluding hydrogens is 320 g/mol. The summed E-state index contributed by atoms with van der Waals surface area (Å²) in [6, 6.07) is 7.49. The molecule has 1 fully saturated rings. The largest absolute Gasteiger partial charge is 0.393 e. The number of piperidine rings is 1. The smallest absolute Gasteiger partial charge is 0.265 e. The van der Waals surface area contributed by atoms with Gasteiger partial charge in [0.15, 0.2) is 0 Å². The fraction of sp³-hybridized carbons (Fsp3) is 0.375. The monoisotopic (exact) mass is 336 g/mol. The number of aromatic nitrogens is 1. The molecule has 1 aliphatic rings. The molecule has 0 saturated carbocycles. The number of aliphatic hydroxyl groups is 1. The van der Waals surface area contributed by atoms with Crippen LogP contribution < -0.4 is 0 Å². The molecule has 1 aliphatic heterocycles. The van der Waals surface area contributed by atoms with E-state index < -0.39 is 0 Å². The third-order valence-electron chi connectivity index (χ3n) is 3.81. The van der Waals surface area contributed by atoms with E-state index in [1.165, 1.54) is 11.3 Å². The minimum Gasteiger partial charge on any atom is -0.393 e. The lowest BCUT2D eigenvalue weighted by molar-refractivity contribution is 0.0550. The fourth-order valence-corrected chi connectivity index (χ4v) is 3.77.